The molecular formula is C21H24ClN3O2S. The van der Waals surface area contributed by atoms with E-state index in [1.54, 1.807) is 29.5 Å². The van der Waals surface area contributed by atoms with E-state index in [-0.39, 0.29) is 22.8 Å². The number of benzene rings is 1. The zero-order chi connectivity index (χ0) is 19.7. The van der Waals surface area contributed by atoms with E-state index in [2.05, 4.69) is 16.0 Å². The molecule has 2 aliphatic rings. The van der Waals surface area contributed by atoms with E-state index in [1.165, 1.54) is 37.8 Å². The average Bonchev–Trinajstić information content (AvgIpc) is 3.19. The van der Waals surface area contributed by atoms with Crippen molar-refractivity contribution in [1.29, 1.82) is 0 Å². The number of carbonyl (C=O) groups excluding carboxylic acids is 1. The Morgan fingerprint density at radius 2 is 2.07 bits per heavy atom. The summed E-state index contributed by atoms with van der Waals surface area (Å²) in [6.45, 7) is 2.03. The highest BCUT2D eigenvalue weighted by molar-refractivity contribution is 7.10. The number of aromatic nitrogens is 1. The van der Waals surface area contributed by atoms with Gasteiger partial charge in [-0.15, -0.1) is 11.3 Å². The van der Waals surface area contributed by atoms with Crippen molar-refractivity contribution in [2.24, 2.45) is 0 Å². The molecule has 1 aromatic carbocycles. The largest absolute Gasteiger partial charge is 0.506 e. The normalized spacial score (nSPS) is 20.8. The number of phenolic OH excluding ortho intramolecular Hbond substituents is 1. The summed E-state index contributed by atoms with van der Waals surface area (Å²) in [5, 5.41) is 19.1. The van der Waals surface area contributed by atoms with E-state index in [4.69, 9.17) is 16.6 Å². The molecule has 0 saturated heterocycles. The predicted octanol–water partition coefficient (Wildman–Crippen LogP) is 5.73. The fourth-order valence-corrected chi connectivity index (χ4v) is 5.29. The molecule has 1 aromatic heterocycles. The maximum Gasteiger partial charge on any atom is 0.319 e. The van der Waals surface area contributed by atoms with Crippen molar-refractivity contribution >= 4 is 34.5 Å². The maximum atomic E-state index is 12.2. The molecule has 1 aliphatic heterocycles. The second-order valence-corrected chi connectivity index (χ2v) is 8.67. The summed E-state index contributed by atoms with van der Waals surface area (Å²) in [7, 11) is 0. The Hall–Kier alpha value is -2.05. The van der Waals surface area contributed by atoms with Gasteiger partial charge in [0.1, 0.15) is 10.8 Å². The van der Waals surface area contributed by atoms with Crippen molar-refractivity contribution in [2.45, 2.75) is 57.4 Å². The number of nitrogens with zero attached hydrogens (tertiary/aromatic N) is 1. The first kappa shape index (κ1) is 19.3. The van der Waals surface area contributed by atoms with Gasteiger partial charge in [-0.1, -0.05) is 43.9 Å². The minimum Gasteiger partial charge on any atom is -0.506 e. The van der Waals surface area contributed by atoms with Gasteiger partial charge in [-0.25, -0.2) is 9.78 Å². The number of rotatable bonds is 4. The maximum absolute atomic E-state index is 12.2. The van der Waals surface area contributed by atoms with Gasteiger partial charge in [-0.05, 0) is 37.0 Å². The number of aromatic hydroxyl groups is 1. The van der Waals surface area contributed by atoms with Crippen LogP contribution in [0.5, 0.6) is 5.75 Å². The standard InChI is InChI=1S/C21H24ClN3O2S/c1-2-15-18(20-23-16(11-28-20)12-6-4-3-5-7-12)19(25-21(27)24-15)13-8-9-17(26)14(22)10-13/h8-12,19,26H,2-7H2,1H3,(H2,24,25,27). The van der Waals surface area contributed by atoms with Crippen molar-refractivity contribution in [2.75, 3.05) is 0 Å². The molecule has 0 bridgehead atoms. The number of nitrogens with one attached hydrogen (secondary N) is 2. The third-order valence-electron chi connectivity index (χ3n) is 5.59. The second-order valence-electron chi connectivity index (χ2n) is 7.40. The molecule has 1 aliphatic carbocycles. The lowest BCUT2D eigenvalue weighted by molar-refractivity contribution is 0.240. The van der Waals surface area contributed by atoms with Crippen molar-refractivity contribution in [3.8, 4) is 5.75 Å². The van der Waals surface area contributed by atoms with Crippen LogP contribution in [0.15, 0.2) is 29.3 Å². The Balaban J connectivity index is 1.74. The first-order valence-corrected chi connectivity index (χ1v) is 11.1. The number of carbonyl (C=O) groups is 1. The molecular weight excluding hydrogens is 394 g/mol. The second kappa shape index (κ2) is 8.13. The molecule has 7 heteroatoms. The SMILES string of the molecule is CCC1=C(c2nc(C3CCCCC3)cs2)C(c2ccc(O)c(Cl)c2)NC(=O)N1. The van der Waals surface area contributed by atoms with E-state index >= 15 is 0 Å². The molecule has 1 unspecified atom stereocenters. The molecule has 2 heterocycles. The molecule has 1 saturated carbocycles. The lowest BCUT2D eigenvalue weighted by Crippen LogP contribution is -2.43. The molecule has 1 atom stereocenters. The number of hydrogen-bond acceptors (Lipinski definition) is 4. The van der Waals surface area contributed by atoms with Crippen LogP contribution in [0.3, 0.4) is 0 Å². The van der Waals surface area contributed by atoms with Crippen LogP contribution in [-0.2, 0) is 0 Å². The van der Waals surface area contributed by atoms with E-state index in [1.807, 2.05) is 6.92 Å². The Kier molecular flexibility index (Phi) is 5.60. The number of urea groups is 1. The van der Waals surface area contributed by atoms with Gasteiger partial charge in [-0.2, -0.15) is 0 Å². The fourth-order valence-electron chi connectivity index (χ4n) is 4.10. The van der Waals surface area contributed by atoms with Crippen LogP contribution in [0.2, 0.25) is 5.02 Å². The first-order chi connectivity index (χ1) is 13.6. The summed E-state index contributed by atoms with van der Waals surface area (Å²) in [4.78, 5) is 17.2. The van der Waals surface area contributed by atoms with Crippen LogP contribution in [0.4, 0.5) is 4.79 Å². The molecule has 0 radical (unpaired) electrons. The van der Waals surface area contributed by atoms with Gasteiger partial charge in [0.05, 0.1) is 16.8 Å². The first-order valence-electron chi connectivity index (χ1n) is 9.81. The van der Waals surface area contributed by atoms with Gasteiger partial charge in [0.15, 0.2) is 0 Å². The van der Waals surface area contributed by atoms with Crippen LogP contribution < -0.4 is 10.6 Å². The lowest BCUT2D eigenvalue weighted by atomic mass is 9.87. The number of allylic oxidation sites excluding steroid dienone is 1. The van der Waals surface area contributed by atoms with Crippen molar-refractivity contribution in [1.82, 2.24) is 15.6 Å². The van der Waals surface area contributed by atoms with Crippen LogP contribution in [-0.4, -0.2) is 16.1 Å². The summed E-state index contributed by atoms with van der Waals surface area (Å²) in [5.74, 6) is 0.567. The third kappa shape index (κ3) is 3.76. The third-order valence-corrected chi connectivity index (χ3v) is 6.78. The number of halogens is 1. The van der Waals surface area contributed by atoms with Crippen LogP contribution in [0, 0.1) is 0 Å². The zero-order valence-corrected chi connectivity index (χ0v) is 17.4. The summed E-state index contributed by atoms with van der Waals surface area (Å²) in [5.41, 5.74) is 3.86. The summed E-state index contributed by atoms with van der Waals surface area (Å²) in [6, 6.07) is 4.46. The minimum atomic E-state index is -0.354. The van der Waals surface area contributed by atoms with Crippen LogP contribution in [0.25, 0.3) is 5.57 Å². The van der Waals surface area contributed by atoms with E-state index in [9.17, 15) is 9.90 Å². The summed E-state index contributed by atoms with van der Waals surface area (Å²) < 4.78 is 0. The van der Waals surface area contributed by atoms with Crippen molar-refractivity contribution in [3.05, 3.63) is 50.6 Å². The topological polar surface area (TPSA) is 74.2 Å². The van der Waals surface area contributed by atoms with Gasteiger partial charge in [0.25, 0.3) is 0 Å². The monoisotopic (exact) mass is 417 g/mol. The highest BCUT2D eigenvalue weighted by atomic mass is 35.5. The molecule has 2 aromatic rings. The smallest absolute Gasteiger partial charge is 0.319 e. The Labute approximate surface area is 173 Å². The Morgan fingerprint density at radius 3 is 2.79 bits per heavy atom. The number of hydrogen-bond donors (Lipinski definition) is 3. The van der Waals surface area contributed by atoms with E-state index < -0.39 is 0 Å². The molecule has 28 heavy (non-hydrogen) atoms. The lowest BCUT2D eigenvalue weighted by Gasteiger charge is -2.29. The molecule has 4 rings (SSSR count). The highest BCUT2D eigenvalue weighted by Gasteiger charge is 2.31. The van der Waals surface area contributed by atoms with E-state index in [0.717, 1.165) is 21.8 Å². The molecule has 5 nitrogen and oxygen atoms in total. The average molecular weight is 418 g/mol. The van der Waals surface area contributed by atoms with Crippen LogP contribution in [0.1, 0.15) is 73.7 Å². The molecule has 3 N–H and O–H groups in total. The summed E-state index contributed by atoms with van der Waals surface area (Å²) in [6.07, 6.45) is 6.96. The number of amides is 2. The van der Waals surface area contributed by atoms with Gasteiger partial charge >= 0.3 is 6.03 Å². The zero-order valence-electron chi connectivity index (χ0n) is 15.8. The van der Waals surface area contributed by atoms with Gasteiger partial charge in [0, 0.05) is 22.6 Å². The molecule has 1 fully saturated rings. The highest BCUT2D eigenvalue weighted by Crippen LogP contribution is 2.40. The molecule has 0 spiro atoms. The predicted molar refractivity (Wildman–Crippen MR) is 113 cm³/mol. The van der Waals surface area contributed by atoms with Crippen molar-refractivity contribution in [3.63, 3.8) is 0 Å². The van der Waals surface area contributed by atoms with E-state index in [0.29, 0.717) is 12.3 Å². The quantitative estimate of drug-likeness (QED) is 0.595. The minimum absolute atomic E-state index is 0.0285. The van der Waals surface area contributed by atoms with Gasteiger partial charge in [-0.3, -0.25) is 0 Å². The number of thiazole rings is 1. The van der Waals surface area contributed by atoms with Gasteiger partial charge in [0.2, 0.25) is 0 Å². The van der Waals surface area contributed by atoms with Gasteiger partial charge < -0.3 is 15.7 Å². The Morgan fingerprint density at radius 1 is 1.29 bits per heavy atom. The molecule has 2 amide bonds. The molecule has 148 valence electrons. The van der Waals surface area contributed by atoms with Crippen LogP contribution >= 0.6 is 22.9 Å². The summed E-state index contributed by atoms with van der Waals surface area (Å²) >= 11 is 7.76. The fraction of sp³-hybridized carbons (Fsp3) is 0.429. The van der Waals surface area contributed by atoms with Crippen molar-refractivity contribution < 1.29 is 9.90 Å². The number of phenols is 1. The Bertz CT molecular complexity index is 918.